The van der Waals surface area contributed by atoms with Crippen LogP contribution >= 0.6 is 23.4 Å². The Morgan fingerprint density at radius 3 is 2.47 bits per heavy atom. The monoisotopic (exact) mass is 469 g/mol. The third kappa shape index (κ3) is 5.02. The number of rotatable bonds is 9. The molecule has 0 amide bonds. The Labute approximate surface area is 199 Å². The molecule has 5 heteroatoms. The van der Waals surface area contributed by atoms with Gasteiger partial charge in [0.15, 0.2) is 0 Å². The zero-order chi connectivity index (χ0) is 23.0. The summed E-state index contributed by atoms with van der Waals surface area (Å²) in [7, 11) is 0. The summed E-state index contributed by atoms with van der Waals surface area (Å²) >= 11 is 8.04. The van der Waals surface area contributed by atoms with E-state index in [4.69, 9.17) is 11.6 Å². The van der Waals surface area contributed by atoms with Crippen LogP contribution in [0.5, 0.6) is 0 Å². The highest BCUT2D eigenvalue weighted by atomic mass is 35.5. The molecule has 2 aromatic carbocycles. The lowest BCUT2D eigenvalue weighted by Gasteiger charge is -2.19. The molecule has 0 radical (unpaired) electrons. The van der Waals surface area contributed by atoms with E-state index in [0.717, 1.165) is 34.3 Å². The molecule has 170 valence electrons. The Morgan fingerprint density at radius 2 is 1.88 bits per heavy atom. The molecule has 3 nitrogen and oxygen atoms in total. The molecular weight excluding hydrogens is 438 g/mol. The summed E-state index contributed by atoms with van der Waals surface area (Å²) in [6, 6.07) is 12.5. The summed E-state index contributed by atoms with van der Waals surface area (Å²) in [5.74, 6) is 1.52. The number of carboxylic acid groups (broad SMARTS) is 1. The second-order valence-electron chi connectivity index (χ2n) is 10.1. The molecule has 4 rings (SSSR count). The quantitative estimate of drug-likeness (QED) is 0.316. The highest BCUT2D eigenvalue weighted by Gasteiger charge is 2.31. The third-order valence-electron chi connectivity index (χ3n) is 6.41. The molecule has 0 atom stereocenters. The first-order chi connectivity index (χ1) is 15.2. The number of nitrogens with one attached hydrogen (secondary N) is 1. The fourth-order valence-corrected chi connectivity index (χ4v) is 5.76. The van der Waals surface area contributed by atoms with E-state index in [1.807, 2.05) is 37.7 Å². The lowest BCUT2D eigenvalue weighted by atomic mass is 9.87. The SMILES string of the molecule is CC(C)c1ccc2[nH]c(CC(C)(C)C(=O)O)c(SCC3CC3)c2c1Cc1ccc(Cl)cc1. The van der Waals surface area contributed by atoms with Crippen LogP contribution in [-0.2, 0) is 17.6 Å². The van der Waals surface area contributed by atoms with Crippen molar-refractivity contribution >= 4 is 40.2 Å². The average Bonchev–Trinajstić information content (AvgIpc) is 3.49. The number of aliphatic carboxylic acids is 1. The summed E-state index contributed by atoms with van der Waals surface area (Å²) < 4.78 is 0. The lowest BCUT2D eigenvalue weighted by Crippen LogP contribution is -2.26. The number of fused-ring (bicyclic) bond motifs is 1. The van der Waals surface area contributed by atoms with Crippen LogP contribution in [0.1, 0.15) is 68.8 Å². The van der Waals surface area contributed by atoms with E-state index in [2.05, 4.69) is 43.1 Å². The first-order valence-corrected chi connectivity index (χ1v) is 12.8. The fraction of sp³-hybridized carbons (Fsp3) is 0.444. The van der Waals surface area contributed by atoms with Gasteiger partial charge in [-0.3, -0.25) is 4.79 Å². The van der Waals surface area contributed by atoms with E-state index in [1.165, 1.54) is 39.8 Å². The van der Waals surface area contributed by atoms with Crippen LogP contribution in [0, 0.1) is 11.3 Å². The number of aromatic nitrogens is 1. The minimum Gasteiger partial charge on any atom is -0.481 e. The van der Waals surface area contributed by atoms with E-state index in [9.17, 15) is 9.90 Å². The van der Waals surface area contributed by atoms with Crippen molar-refractivity contribution in [2.75, 3.05) is 5.75 Å². The fourth-order valence-electron chi connectivity index (χ4n) is 4.22. The van der Waals surface area contributed by atoms with E-state index < -0.39 is 11.4 Å². The molecule has 0 saturated heterocycles. The predicted octanol–water partition coefficient (Wildman–Crippen LogP) is 7.69. The Hall–Kier alpha value is -1.91. The van der Waals surface area contributed by atoms with E-state index in [-0.39, 0.29) is 0 Å². The van der Waals surface area contributed by atoms with Crippen LogP contribution in [0.25, 0.3) is 10.9 Å². The maximum absolute atomic E-state index is 11.9. The van der Waals surface area contributed by atoms with Crippen molar-refractivity contribution in [3.05, 3.63) is 63.8 Å². The summed E-state index contributed by atoms with van der Waals surface area (Å²) in [6.07, 6.45) is 3.93. The van der Waals surface area contributed by atoms with Gasteiger partial charge in [0, 0.05) is 38.7 Å². The standard InChI is InChI=1S/C27H32ClNO2S/c1-16(2)20-11-12-22-24(21(20)13-17-7-9-19(28)10-8-17)25(32-15-18-5-6-18)23(29-22)14-27(3,4)26(30)31/h7-12,16,18,29H,5-6,13-15H2,1-4H3,(H,30,31). The molecule has 1 aromatic heterocycles. The molecule has 2 N–H and O–H groups in total. The Morgan fingerprint density at radius 1 is 1.19 bits per heavy atom. The molecule has 3 aromatic rings. The van der Waals surface area contributed by atoms with Crippen LogP contribution in [0.4, 0.5) is 0 Å². The van der Waals surface area contributed by atoms with Crippen LogP contribution < -0.4 is 0 Å². The number of carbonyl (C=O) groups is 1. The summed E-state index contributed by atoms with van der Waals surface area (Å²) in [5, 5.41) is 11.8. The van der Waals surface area contributed by atoms with Gasteiger partial charge in [-0.2, -0.15) is 0 Å². The first-order valence-electron chi connectivity index (χ1n) is 11.4. The molecule has 1 fully saturated rings. The summed E-state index contributed by atoms with van der Waals surface area (Å²) in [4.78, 5) is 16.7. The smallest absolute Gasteiger partial charge is 0.309 e. The maximum Gasteiger partial charge on any atom is 0.309 e. The van der Waals surface area contributed by atoms with Gasteiger partial charge in [-0.15, -0.1) is 11.8 Å². The number of hydrogen-bond donors (Lipinski definition) is 2. The molecule has 1 aliphatic carbocycles. The Kier molecular flexibility index (Phi) is 6.65. The zero-order valence-corrected chi connectivity index (χ0v) is 20.9. The summed E-state index contributed by atoms with van der Waals surface area (Å²) in [5.41, 5.74) is 5.25. The normalized spacial score (nSPS) is 14.4. The maximum atomic E-state index is 11.9. The number of thioether (sulfide) groups is 1. The van der Waals surface area contributed by atoms with E-state index in [0.29, 0.717) is 12.3 Å². The number of carboxylic acids is 1. The minimum atomic E-state index is -0.826. The molecule has 0 aliphatic heterocycles. The third-order valence-corrected chi connectivity index (χ3v) is 8.04. The summed E-state index contributed by atoms with van der Waals surface area (Å²) in [6.45, 7) is 8.10. The topological polar surface area (TPSA) is 53.1 Å². The van der Waals surface area contributed by atoms with Crippen molar-refractivity contribution in [1.29, 1.82) is 0 Å². The van der Waals surface area contributed by atoms with Crippen LogP contribution in [0.2, 0.25) is 5.02 Å². The predicted molar refractivity (Wildman–Crippen MR) is 135 cm³/mol. The first kappa shape index (κ1) is 23.3. The van der Waals surface area contributed by atoms with Gasteiger partial charge < -0.3 is 10.1 Å². The molecule has 1 aliphatic rings. The average molecular weight is 470 g/mol. The molecular formula is C27H32ClNO2S. The lowest BCUT2D eigenvalue weighted by molar-refractivity contribution is -0.146. The number of H-pyrrole nitrogens is 1. The van der Waals surface area contributed by atoms with Gasteiger partial charge >= 0.3 is 5.97 Å². The van der Waals surface area contributed by atoms with Crippen molar-refractivity contribution in [2.45, 2.75) is 64.2 Å². The molecule has 1 saturated carbocycles. The zero-order valence-electron chi connectivity index (χ0n) is 19.3. The van der Waals surface area contributed by atoms with Crippen LogP contribution in [0.3, 0.4) is 0 Å². The molecule has 0 bridgehead atoms. The number of aromatic amines is 1. The minimum absolute atomic E-state index is 0.400. The Bertz CT molecular complexity index is 1130. The second kappa shape index (κ2) is 9.15. The van der Waals surface area contributed by atoms with Crippen LogP contribution in [0.15, 0.2) is 41.3 Å². The highest BCUT2D eigenvalue weighted by molar-refractivity contribution is 7.99. The van der Waals surface area contributed by atoms with Gasteiger partial charge in [0.2, 0.25) is 0 Å². The van der Waals surface area contributed by atoms with Crippen LogP contribution in [-0.4, -0.2) is 21.8 Å². The highest BCUT2D eigenvalue weighted by Crippen LogP contribution is 2.43. The molecule has 0 unspecified atom stereocenters. The van der Waals surface area contributed by atoms with E-state index in [1.54, 1.807) is 0 Å². The largest absolute Gasteiger partial charge is 0.481 e. The molecule has 32 heavy (non-hydrogen) atoms. The van der Waals surface area contributed by atoms with Gasteiger partial charge in [-0.25, -0.2) is 0 Å². The number of halogens is 1. The van der Waals surface area contributed by atoms with Crippen molar-refractivity contribution in [3.63, 3.8) is 0 Å². The number of hydrogen-bond acceptors (Lipinski definition) is 2. The van der Waals surface area contributed by atoms with Crippen molar-refractivity contribution < 1.29 is 9.90 Å². The second-order valence-corrected chi connectivity index (χ2v) is 11.5. The van der Waals surface area contributed by atoms with Gasteiger partial charge in [0.1, 0.15) is 0 Å². The number of benzene rings is 2. The Balaban J connectivity index is 1.86. The van der Waals surface area contributed by atoms with Crippen molar-refractivity contribution in [1.82, 2.24) is 4.98 Å². The van der Waals surface area contributed by atoms with Gasteiger partial charge in [0.05, 0.1) is 5.41 Å². The van der Waals surface area contributed by atoms with Gasteiger partial charge in [-0.1, -0.05) is 43.6 Å². The molecule has 0 spiro atoms. The van der Waals surface area contributed by atoms with Crippen molar-refractivity contribution in [2.24, 2.45) is 11.3 Å². The van der Waals surface area contributed by atoms with Crippen molar-refractivity contribution in [3.8, 4) is 0 Å². The van der Waals surface area contributed by atoms with Gasteiger partial charge in [-0.05, 0) is 79.8 Å². The molecule has 1 heterocycles. The van der Waals surface area contributed by atoms with Gasteiger partial charge in [0.25, 0.3) is 0 Å². The van der Waals surface area contributed by atoms with E-state index >= 15 is 0 Å².